The molecule has 0 saturated carbocycles. The van der Waals surface area contributed by atoms with Crippen LogP contribution in [0.4, 0.5) is 0 Å². The average Bonchev–Trinajstić information content (AvgIpc) is 2.38. The molecular formula is C14H22BrIN2. The first-order chi connectivity index (χ1) is 8.67. The SMILES string of the molecule is CCN(CC)CCCNCc1cc(Br)ccc1I. The van der Waals surface area contributed by atoms with Crippen molar-refractivity contribution in [3.8, 4) is 0 Å². The van der Waals surface area contributed by atoms with Gasteiger partial charge in [-0.25, -0.2) is 0 Å². The van der Waals surface area contributed by atoms with Gasteiger partial charge in [0.25, 0.3) is 0 Å². The van der Waals surface area contributed by atoms with Crippen LogP contribution >= 0.6 is 38.5 Å². The van der Waals surface area contributed by atoms with Crippen molar-refractivity contribution >= 4 is 38.5 Å². The molecule has 0 spiro atoms. The number of hydrogen-bond acceptors (Lipinski definition) is 2. The Hall–Kier alpha value is 0.350. The molecule has 0 fully saturated rings. The average molecular weight is 425 g/mol. The third-order valence-corrected chi connectivity index (χ3v) is 4.59. The van der Waals surface area contributed by atoms with E-state index in [0.717, 1.165) is 30.7 Å². The molecule has 0 aromatic heterocycles. The van der Waals surface area contributed by atoms with Crippen molar-refractivity contribution in [3.63, 3.8) is 0 Å². The highest BCUT2D eigenvalue weighted by Gasteiger charge is 2.01. The van der Waals surface area contributed by atoms with Crippen LogP contribution in [0.3, 0.4) is 0 Å². The quantitative estimate of drug-likeness (QED) is 0.503. The molecule has 1 rings (SSSR count). The Balaban J connectivity index is 2.23. The zero-order valence-electron chi connectivity index (χ0n) is 11.2. The summed E-state index contributed by atoms with van der Waals surface area (Å²) in [7, 11) is 0. The van der Waals surface area contributed by atoms with Crippen LogP contribution in [0.2, 0.25) is 0 Å². The number of halogens is 2. The Labute approximate surface area is 133 Å². The Morgan fingerprint density at radius 2 is 2.00 bits per heavy atom. The van der Waals surface area contributed by atoms with E-state index < -0.39 is 0 Å². The van der Waals surface area contributed by atoms with Crippen LogP contribution in [0, 0.1) is 3.57 Å². The number of nitrogens with one attached hydrogen (secondary N) is 1. The molecule has 102 valence electrons. The number of rotatable bonds is 8. The fourth-order valence-corrected chi connectivity index (χ4v) is 2.80. The van der Waals surface area contributed by atoms with Gasteiger partial charge in [-0.3, -0.25) is 0 Å². The van der Waals surface area contributed by atoms with Gasteiger partial charge in [0.05, 0.1) is 0 Å². The first kappa shape index (κ1) is 16.4. The van der Waals surface area contributed by atoms with Gasteiger partial charge < -0.3 is 10.2 Å². The zero-order valence-corrected chi connectivity index (χ0v) is 14.9. The largest absolute Gasteiger partial charge is 0.313 e. The van der Waals surface area contributed by atoms with E-state index in [4.69, 9.17) is 0 Å². The maximum atomic E-state index is 3.52. The summed E-state index contributed by atoms with van der Waals surface area (Å²) in [5, 5.41) is 3.52. The Morgan fingerprint density at radius 3 is 2.67 bits per heavy atom. The van der Waals surface area contributed by atoms with Gasteiger partial charge in [-0.15, -0.1) is 0 Å². The predicted molar refractivity (Wildman–Crippen MR) is 91.0 cm³/mol. The molecule has 2 nitrogen and oxygen atoms in total. The molecule has 0 aliphatic carbocycles. The van der Waals surface area contributed by atoms with E-state index in [1.807, 2.05) is 0 Å². The van der Waals surface area contributed by atoms with Crippen molar-refractivity contribution in [2.75, 3.05) is 26.2 Å². The van der Waals surface area contributed by atoms with E-state index >= 15 is 0 Å². The molecule has 0 heterocycles. The van der Waals surface area contributed by atoms with E-state index in [9.17, 15) is 0 Å². The number of hydrogen-bond donors (Lipinski definition) is 1. The molecule has 1 aromatic carbocycles. The molecule has 0 bridgehead atoms. The van der Waals surface area contributed by atoms with Gasteiger partial charge in [0.2, 0.25) is 0 Å². The monoisotopic (exact) mass is 424 g/mol. The summed E-state index contributed by atoms with van der Waals surface area (Å²) < 4.78 is 2.48. The zero-order chi connectivity index (χ0) is 13.4. The smallest absolute Gasteiger partial charge is 0.0216 e. The summed E-state index contributed by atoms with van der Waals surface area (Å²) in [6.07, 6.45) is 1.21. The van der Waals surface area contributed by atoms with Crippen LogP contribution < -0.4 is 5.32 Å². The second-order valence-corrected chi connectivity index (χ2v) is 6.37. The van der Waals surface area contributed by atoms with Gasteiger partial charge in [-0.05, 0) is 79.0 Å². The maximum absolute atomic E-state index is 3.52. The minimum Gasteiger partial charge on any atom is -0.313 e. The topological polar surface area (TPSA) is 15.3 Å². The lowest BCUT2D eigenvalue weighted by atomic mass is 10.2. The van der Waals surface area contributed by atoms with Gasteiger partial charge in [0.15, 0.2) is 0 Å². The third kappa shape index (κ3) is 5.99. The van der Waals surface area contributed by atoms with Gasteiger partial charge in [-0.2, -0.15) is 0 Å². The van der Waals surface area contributed by atoms with Crippen molar-refractivity contribution in [3.05, 3.63) is 31.8 Å². The van der Waals surface area contributed by atoms with Crippen LogP contribution in [-0.4, -0.2) is 31.1 Å². The maximum Gasteiger partial charge on any atom is 0.0216 e. The second kappa shape index (κ2) is 9.28. The van der Waals surface area contributed by atoms with E-state index in [-0.39, 0.29) is 0 Å². The lowest BCUT2D eigenvalue weighted by Gasteiger charge is -2.17. The molecule has 0 amide bonds. The summed E-state index contributed by atoms with van der Waals surface area (Å²) in [4.78, 5) is 2.46. The summed E-state index contributed by atoms with van der Waals surface area (Å²) in [5.74, 6) is 0. The van der Waals surface area contributed by atoms with Crippen LogP contribution in [-0.2, 0) is 6.54 Å². The molecule has 1 aromatic rings. The lowest BCUT2D eigenvalue weighted by Crippen LogP contribution is -2.27. The molecule has 0 atom stereocenters. The van der Waals surface area contributed by atoms with Crippen molar-refractivity contribution in [1.29, 1.82) is 0 Å². The molecule has 0 aliphatic rings. The first-order valence-electron chi connectivity index (χ1n) is 6.54. The molecule has 0 radical (unpaired) electrons. The molecule has 1 N–H and O–H groups in total. The molecule has 18 heavy (non-hydrogen) atoms. The number of benzene rings is 1. The highest BCUT2D eigenvalue weighted by Crippen LogP contribution is 2.18. The van der Waals surface area contributed by atoms with Gasteiger partial charge in [-0.1, -0.05) is 29.8 Å². The van der Waals surface area contributed by atoms with Crippen molar-refractivity contribution in [2.45, 2.75) is 26.8 Å². The highest BCUT2D eigenvalue weighted by molar-refractivity contribution is 14.1. The fraction of sp³-hybridized carbons (Fsp3) is 0.571. The standard InChI is InChI=1S/C14H22BrIN2/c1-3-18(4-2)9-5-8-17-11-12-10-13(15)6-7-14(12)16/h6-7,10,17H,3-5,8-9,11H2,1-2H3. The van der Waals surface area contributed by atoms with Gasteiger partial charge in [0.1, 0.15) is 0 Å². The molecule has 0 saturated heterocycles. The molecule has 4 heteroatoms. The van der Waals surface area contributed by atoms with E-state index in [2.05, 4.69) is 80.8 Å². The third-order valence-electron chi connectivity index (χ3n) is 3.05. The van der Waals surface area contributed by atoms with Crippen LogP contribution in [0.25, 0.3) is 0 Å². The van der Waals surface area contributed by atoms with Crippen LogP contribution in [0.5, 0.6) is 0 Å². The normalized spacial score (nSPS) is 11.2. The summed E-state index contributed by atoms with van der Waals surface area (Å²) in [6, 6.07) is 6.43. The van der Waals surface area contributed by atoms with Crippen molar-refractivity contribution in [1.82, 2.24) is 10.2 Å². The van der Waals surface area contributed by atoms with Crippen LogP contribution in [0.15, 0.2) is 22.7 Å². The van der Waals surface area contributed by atoms with Gasteiger partial charge >= 0.3 is 0 Å². The molecule has 0 unspecified atom stereocenters. The van der Waals surface area contributed by atoms with E-state index in [1.165, 1.54) is 22.1 Å². The Morgan fingerprint density at radius 1 is 1.28 bits per heavy atom. The first-order valence-corrected chi connectivity index (χ1v) is 8.41. The summed E-state index contributed by atoms with van der Waals surface area (Å²) in [6.45, 7) is 9.98. The minimum atomic E-state index is 0.954. The Kier molecular flexibility index (Phi) is 8.46. The number of nitrogens with zero attached hydrogens (tertiary/aromatic N) is 1. The summed E-state index contributed by atoms with van der Waals surface area (Å²) in [5.41, 5.74) is 1.37. The lowest BCUT2D eigenvalue weighted by molar-refractivity contribution is 0.298. The Bertz CT molecular complexity index is 354. The molecule has 0 aliphatic heterocycles. The fourth-order valence-electron chi connectivity index (χ4n) is 1.87. The predicted octanol–water partition coefficient (Wildman–Crippen LogP) is 3.88. The minimum absolute atomic E-state index is 0.954. The van der Waals surface area contributed by atoms with Crippen LogP contribution in [0.1, 0.15) is 25.8 Å². The van der Waals surface area contributed by atoms with Gasteiger partial charge in [0, 0.05) is 14.6 Å². The second-order valence-electron chi connectivity index (χ2n) is 4.29. The highest BCUT2D eigenvalue weighted by atomic mass is 127. The van der Waals surface area contributed by atoms with E-state index in [1.54, 1.807) is 0 Å². The molecular weight excluding hydrogens is 403 g/mol. The van der Waals surface area contributed by atoms with Crippen molar-refractivity contribution in [2.24, 2.45) is 0 Å². The summed E-state index contributed by atoms with van der Waals surface area (Å²) >= 11 is 5.91. The van der Waals surface area contributed by atoms with E-state index in [0.29, 0.717) is 0 Å². The van der Waals surface area contributed by atoms with Crippen molar-refractivity contribution < 1.29 is 0 Å².